The zero-order chi connectivity index (χ0) is 15.0. The van der Waals surface area contributed by atoms with Gasteiger partial charge in [0.15, 0.2) is 0 Å². The Labute approximate surface area is 122 Å². The summed E-state index contributed by atoms with van der Waals surface area (Å²) in [6.07, 6.45) is 5.12. The van der Waals surface area contributed by atoms with Crippen LogP contribution in [0.5, 0.6) is 0 Å². The van der Waals surface area contributed by atoms with E-state index in [4.69, 9.17) is 0 Å². The van der Waals surface area contributed by atoms with Crippen molar-refractivity contribution in [2.24, 2.45) is 11.8 Å². The Bertz CT molecular complexity index is 625. The predicted molar refractivity (Wildman–Crippen MR) is 78.6 cm³/mol. The molecule has 3 amide bonds. The van der Waals surface area contributed by atoms with Crippen LogP contribution in [0.3, 0.4) is 0 Å². The molecule has 2 atom stereocenters. The van der Waals surface area contributed by atoms with Crippen molar-refractivity contribution in [1.29, 1.82) is 0 Å². The molecule has 1 N–H and O–H groups in total. The molecule has 1 fully saturated rings. The number of nitrogens with zero attached hydrogens (tertiary/aromatic N) is 1. The van der Waals surface area contributed by atoms with Gasteiger partial charge in [0.1, 0.15) is 0 Å². The van der Waals surface area contributed by atoms with Gasteiger partial charge in [0.25, 0.3) is 0 Å². The van der Waals surface area contributed by atoms with E-state index in [1.54, 1.807) is 24.3 Å². The molecule has 1 aliphatic heterocycles. The van der Waals surface area contributed by atoms with Crippen molar-refractivity contribution in [2.75, 3.05) is 10.2 Å². The minimum absolute atomic E-state index is 0.174. The molecule has 5 nitrogen and oxygen atoms in total. The average molecular weight is 284 g/mol. The maximum absolute atomic E-state index is 12.5. The van der Waals surface area contributed by atoms with Gasteiger partial charge in [-0.15, -0.1) is 0 Å². The molecule has 0 bridgehead atoms. The van der Waals surface area contributed by atoms with Crippen LogP contribution < -0.4 is 10.2 Å². The SMILES string of the molecule is CC(=O)Nc1ccccc1N1C(=O)[C@H]2CC=CC[C@@H]2C1=O. The third kappa shape index (κ3) is 2.24. The molecule has 0 unspecified atom stereocenters. The maximum atomic E-state index is 12.5. The molecule has 21 heavy (non-hydrogen) atoms. The molecule has 3 rings (SSSR count). The Morgan fingerprint density at radius 1 is 1.10 bits per heavy atom. The van der Waals surface area contributed by atoms with E-state index in [1.807, 2.05) is 12.2 Å². The van der Waals surface area contributed by atoms with Crippen molar-refractivity contribution in [3.8, 4) is 0 Å². The van der Waals surface area contributed by atoms with E-state index in [9.17, 15) is 14.4 Å². The summed E-state index contributed by atoms with van der Waals surface area (Å²) in [7, 11) is 0. The number of allylic oxidation sites excluding steroid dienone is 2. The monoisotopic (exact) mass is 284 g/mol. The molecule has 108 valence electrons. The van der Waals surface area contributed by atoms with Gasteiger partial charge in [0, 0.05) is 6.92 Å². The third-order valence-corrected chi connectivity index (χ3v) is 3.96. The highest BCUT2D eigenvalue weighted by atomic mass is 16.2. The van der Waals surface area contributed by atoms with Gasteiger partial charge in [-0.3, -0.25) is 14.4 Å². The van der Waals surface area contributed by atoms with Crippen molar-refractivity contribution in [1.82, 2.24) is 0 Å². The first-order valence-corrected chi connectivity index (χ1v) is 6.99. The Hall–Kier alpha value is -2.43. The van der Waals surface area contributed by atoms with Gasteiger partial charge in [-0.1, -0.05) is 24.3 Å². The molecule has 0 spiro atoms. The number of carbonyl (C=O) groups is 3. The summed E-state index contributed by atoms with van der Waals surface area (Å²) in [5.74, 6) is -1.12. The summed E-state index contributed by atoms with van der Waals surface area (Å²) in [5, 5.41) is 2.67. The minimum Gasteiger partial charge on any atom is -0.325 e. The van der Waals surface area contributed by atoms with E-state index in [1.165, 1.54) is 11.8 Å². The van der Waals surface area contributed by atoms with Crippen LogP contribution >= 0.6 is 0 Å². The minimum atomic E-state index is -0.270. The van der Waals surface area contributed by atoms with Crippen molar-refractivity contribution in [3.63, 3.8) is 0 Å². The second-order valence-electron chi connectivity index (χ2n) is 5.37. The van der Waals surface area contributed by atoms with Gasteiger partial charge in [0.2, 0.25) is 17.7 Å². The standard InChI is InChI=1S/C16H16N2O3/c1-10(19)17-13-8-4-5-9-14(13)18-15(20)11-6-2-3-7-12(11)16(18)21/h2-5,8-9,11-12H,6-7H2,1H3,(H,17,19)/t11-,12-/m0/s1. The highest BCUT2D eigenvalue weighted by molar-refractivity contribution is 6.23. The van der Waals surface area contributed by atoms with Crippen molar-refractivity contribution in [2.45, 2.75) is 19.8 Å². The predicted octanol–water partition coefficient (Wildman–Crippen LogP) is 2.10. The molecule has 1 aromatic rings. The summed E-state index contributed by atoms with van der Waals surface area (Å²) in [6, 6.07) is 6.89. The molecule has 1 saturated heterocycles. The highest BCUT2D eigenvalue weighted by Crippen LogP contribution is 2.39. The van der Waals surface area contributed by atoms with Crippen LogP contribution in [0.2, 0.25) is 0 Å². The lowest BCUT2D eigenvalue weighted by atomic mass is 9.85. The number of benzene rings is 1. The molecule has 1 heterocycles. The number of carbonyl (C=O) groups excluding carboxylic acids is 3. The summed E-state index contributed by atoms with van der Waals surface area (Å²) in [5.41, 5.74) is 0.940. The van der Waals surface area contributed by atoms with E-state index >= 15 is 0 Å². The normalized spacial score (nSPS) is 24.1. The fourth-order valence-corrected chi connectivity index (χ4v) is 3.00. The quantitative estimate of drug-likeness (QED) is 0.668. The molecule has 1 aromatic carbocycles. The third-order valence-electron chi connectivity index (χ3n) is 3.96. The molecule has 0 radical (unpaired) electrons. The Morgan fingerprint density at radius 2 is 1.67 bits per heavy atom. The fraction of sp³-hybridized carbons (Fsp3) is 0.312. The van der Waals surface area contributed by atoms with E-state index in [0.29, 0.717) is 24.2 Å². The number of amides is 3. The van der Waals surface area contributed by atoms with Crippen molar-refractivity contribution >= 4 is 29.1 Å². The molecule has 2 aliphatic rings. The second-order valence-corrected chi connectivity index (χ2v) is 5.37. The van der Waals surface area contributed by atoms with Gasteiger partial charge in [-0.05, 0) is 25.0 Å². The number of hydrogen-bond acceptors (Lipinski definition) is 3. The second kappa shape index (κ2) is 5.16. The molecule has 0 aromatic heterocycles. The summed E-state index contributed by atoms with van der Waals surface area (Å²) in [4.78, 5) is 37.6. The van der Waals surface area contributed by atoms with Gasteiger partial charge in [-0.2, -0.15) is 0 Å². The molecular weight excluding hydrogens is 268 g/mol. The van der Waals surface area contributed by atoms with Gasteiger partial charge in [-0.25, -0.2) is 4.90 Å². The Balaban J connectivity index is 1.99. The number of anilines is 2. The van der Waals surface area contributed by atoms with Crippen LogP contribution in [0, 0.1) is 11.8 Å². The zero-order valence-electron chi connectivity index (χ0n) is 11.7. The van der Waals surface area contributed by atoms with Crippen LogP contribution in [0.25, 0.3) is 0 Å². The summed E-state index contributed by atoms with van der Waals surface area (Å²) < 4.78 is 0. The van der Waals surface area contributed by atoms with E-state index in [2.05, 4.69) is 5.32 Å². The van der Waals surface area contributed by atoms with Gasteiger partial charge in [0.05, 0.1) is 23.2 Å². The van der Waals surface area contributed by atoms with Crippen molar-refractivity contribution < 1.29 is 14.4 Å². The van der Waals surface area contributed by atoms with E-state index in [0.717, 1.165) is 0 Å². The van der Waals surface area contributed by atoms with Crippen LogP contribution in [-0.2, 0) is 14.4 Å². The lowest BCUT2D eigenvalue weighted by molar-refractivity contribution is -0.122. The summed E-state index contributed by atoms with van der Waals surface area (Å²) in [6.45, 7) is 1.40. The number of hydrogen-bond donors (Lipinski definition) is 1. The Kier molecular flexibility index (Phi) is 3.33. The van der Waals surface area contributed by atoms with E-state index < -0.39 is 0 Å². The first-order valence-electron chi connectivity index (χ1n) is 6.99. The van der Waals surface area contributed by atoms with Crippen LogP contribution in [-0.4, -0.2) is 17.7 Å². The zero-order valence-corrected chi connectivity index (χ0v) is 11.7. The van der Waals surface area contributed by atoms with Crippen LogP contribution in [0.15, 0.2) is 36.4 Å². The van der Waals surface area contributed by atoms with Crippen LogP contribution in [0.4, 0.5) is 11.4 Å². The fourth-order valence-electron chi connectivity index (χ4n) is 3.00. The van der Waals surface area contributed by atoms with Crippen LogP contribution in [0.1, 0.15) is 19.8 Å². The highest BCUT2D eigenvalue weighted by Gasteiger charge is 2.48. The smallest absolute Gasteiger partial charge is 0.238 e. The first-order chi connectivity index (χ1) is 10.1. The Morgan fingerprint density at radius 3 is 2.24 bits per heavy atom. The lowest BCUT2D eigenvalue weighted by Gasteiger charge is -2.18. The number of para-hydroxylation sites is 2. The van der Waals surface area contributed by atoms with Gasteiger partial charge >= 0.3 is 0 Å². The molecule has 0 saturated carbocycles. The lowest BCUT2D eigenvalue weighted by Crippen LogP contribution is -2.31. The van der Waals surface area contributed by atoms with E-state index in [-0.39, 0.29) is 29.6 Å². The molecular formula is C16H16N2O3. The maximum Gasteiger partial charge on any atom is 0.238 e. The number of imide groups is 1. The average Bonchev–Trinajstić information content (AvgIpc) is 2.72. The largest absolute Gasteiger partial charge is 0.325 e. The molecule has 5 heteroatoms. The number of rotatable bonds is 2. The molecule has 1 aliphatic carbocycles. The number of nitrogens with one attached hydrogen (secondary N) is 1. The van der Waals surface area contributed by atoms with Gasteiger partial charge < -0.3 is 5.32 Å². The number of fused-ring (bicyclic) bond motifs is 1. The summed E-state index contributed by atoms with van der Waals surface area (Å²) >= 11 is 0. The first kappa shape index (κ1) is 13.5. The van der Waals surface area contributed by atoms with Crippen molar-refractivity contribution in [3.05, 3.63) is 36.4 Å². The topological polar surface area (TPSA) is 66.5 Å².